The van der Waals surface area contributed by atoms with Crippen LogP contribution in [0.25, 0.3) is 0 Å². The molecule has 1 atom stereocenters. The van der Waals surface area contributed by atoms with Crippen LogP contribution in [0.4, 0.5) is 18.0 Å². The fourth-order valence-electron chi connectivity index (χ4n) is 4.34. The number of amides is 2. The minimum Gasteiger partial charge on any atom is -0.362 e. The zero-order chi connectivity index (χ0) is 21.8. The summed E-state index contributed by atoms with van der Waals surface area (Å²) in [5.41, 5.74) is 0.0469. The van der Waals surface area contributed by atoms with Crippen LogP contribution in [0.15, 0.2) is 54.6 Å². The van der Waals surface area contributed by atoms with Crippen LogP contribution in [0.1, 0.15) is 54.9 Å². The first-order valence-electron chi connectivity index (χ1n) is 10.8. The molecule has 4 nitrogen and oxygen atoms in total. The quantitative estimate of drug-likeness (QED) is 0.674. The summed E-state index contributed by atoms with van der Waals surface area (Å²) in [5, 5.41) is 3.07. The third-order valence-corrected chi connectivity index (χ3v) is 6.05. The van der Waals surface area contributed by atoms with Gasteiger partial charge in [0.1, 0.15) is 6.10 Å². The molecule has 2 amide bonds. The highest BCUT2D eigenvalue weighted by molar-refractivity contribution is 5.75. The van der Waals surface area contributed by atoms with Gasteiger partial charge < -0.3 is 15.0 Å². The van der Waals surface area contributed by atoms with Crippen molar-refractivity contribution in [2.24, 2.45) is 0 Å². The molecule has 2 aromatic carbocycles. The Morgan fingerprint density at radius 2 is 1.61 bits per heavy atom. The van der Waals surface area contributed by atoms with Gasteiger partial charge in [0.25, 0.3) is 0 Å². The highest BCUT2D eigenvalue weighted by atomic mass is 19.4. The Morgan fingerprint density at radius 3 is 2.29 bits per heavy atom. The fourth-order valence-corrected chi connectivity index (χ4v) is 4.34. The van der Waals surface area contributed by atoms with Crippen molar-refractivity contribution in [3.63, 3.8) is 0 Å². The Bertz CT molecular complexity index is 876. The van der Waals surface area contributed by atoms with Crippen molar-refractivity contribution in [2.75, 3.05) is 13.1 Å². The molecule has 1 aliphatic heterocycles. The van der Waals surface area contributed by atoms with E-state index in [1.165, 1.54) is 18.6 Å². The number of halogens is 3. The van der Waals surface area contributed by atoms with Crippen molar-refractivity contribution in [2.45, 2.75) is 56.5 Å². The van der Waals surface area contributed by atoms with Crippen molar-refractivity contribution < 1.29 is 22.7 Å². The van der Waals surface area contributed by atoms with E-state index in [9.17, 15) is 18.0 Å². The van der Waals surface area contributed by atoms with Gasteiger partial charge in [-0.15, -0.1) is 0 Å². The van der Waals surface area contributed by atoms with Crippen molar-refractivity contribution in [1.82, 2.24) is 10.2 Å². The van der Waals surface area contributed by atoms with E-state index in [0.29, 0.717) is 18.7 Å². The number of hydrogen-bond donors (Lipinski definition) is 1. The molecule has 166 valence electrons. The molecule has 2 fully saturated rings. The Hall–Kier alpha value is -2.54. The number of carbonyl (C=O) groups excluding carboxylic acids is 1. The van der Waals surface area contributed by atoms with Crippen LogP contribution in [-0.4, -0.2) is 36.2 Å². The average Bonchev–Trinajstić information content (AvgIpc) is 2.73. The predicted octanol–water partition coefficient (Wildman–Crippen LogP) is 5.54. The molecule has 1 N–H and O–H groups in total. The second-order valence-electron chi connectivity index (χ2n) is 8.32. The van der Waals surface area contributed by atoms with E-state index in [4.69, 9.17) is 4.74 Å². The molecule has 1 saturated carbocycles. The van der Waals surface area contributed by atoms with Gasteiger partial charge in [0.2, 0.25) is 0 Å². The minimum atomic E-state index is -4.47. The van der Waals surface area contributed by atoms with Crippen LogP contribution < -0.4 is 5.32 Å². The molecule has 0 bridgehead atoms. The number of nitrogens with zero attached hydrogens (tertiary/aromatic N) is 1. The highest BCUT2D eigenvalue weighted by Gasteiger charge is 2.39. The second-order valence-corrected chi connectivity index (χ2v) is 8.32. The van der Waals surface area contributed by atoms with Gasteiger partial charge in [0, 0.05) is 6.04 Å². The van der Waals surface area contributed by atoms with Gasteiger partial charge in [-0.25, -0.2) is 4.79 Å². The van der Waals surface area contributed by atoms with E-state index >= 15 is 0 Å². The summed E-state index contributed by atoms with van der Waals surface area (Å²) < 4.78 is 47.0. The average molecular weight is 432 g/mol. The SMILES string of the molecule is O=C(NC1CCCCC1)N1CC(OC(c2ccccc2)c2ccccc2C(F)(F)F)C1. The molecule has 1 heterocycles. The lowest BCUT2D eigenvalue weighted by Crippen LogP contribution is -2.59. The number of hydrogen-bond acceptors (Lipinski definition) is 2. The summed E-state index contributed by atoms with van der Waals surface area (Å²) in [6, 6.07) is 14.6. The molecule has 1 unspecified atom stereocenters. The molecule has 0 aromatic heterocycles. The monoisotopic (exact) mass is 432 g/mol. The summed E-state index contributed by atoms with van der Waals surface area (Å²) in [6.07, 6.45) is -0.156. The van der Waals surface area contributed by atoms with Crippen molar-refractivity contribution in [3.8, 4) is 0 Å². The first kappa shape index (κ1) is 21.7. The van der Waals surface area contributed by atoms with E-state index in [1.54, 1.807) is 35.2 Å². The molecule has 7 heteroatoms. The number of nitrogens with one attached hydrogen (secondary N) is 1. The molecule has 2 aromatic rings. The lowest BCUT2D eigenvalue weighted by molar-refractivity contribution is -0.140. The third kappa shape index (κ3) is 5.21. The van der Waals surface area contributed by atoms with Crippen LogP contribution in [0.2, 0.25) is 0 Å². The van der Waals surface area contributed by atoms with Gasteiger partial charge in [-0.1, -0.05) is 67.8 Å². The number of likely N-dealkylation sites (tertiary alicyclic amines) is 1. The van der Waals surface area contributed by atoms with Crippen molar-refractivity contribution in [3.05, 3.63) is 71.3 Å². The molecular weight excluding hydrogens is 405 g/mol. The maximum atomic E-state index is 13.6. The van der Waals surface area contributed by atoms with Gasteiger partial charge in [0.05, 0.1) is 24.8 Å². The summed E-state index contributed by atoms with van der Waals surface area (Å²) >= 11 is 0. The highest BCUT2D eigenvalue weighted by Crippen LogP contribution is 2.39. The molecule has 0 radical (unpaired) electrons. The molecular formula is C24H27F3N2O2. The third-order valence-electron chi connectivity index (χ3n) is 6.05. The van der Waals surface area contributed by atoms with Crippen LogP contribution in [-0.2, 0) is 10.9 Å². The minimum absolute atomic E-state index is 0.0892. The van der Waals surface area contributed by atoms with Crippen molar-refractivity contribution >= 4 is 6.03 Å². The van der Waals surface area contributed by atoms with Crippen LogP contribution in [0.5, 0.6) is 0 Å². The maximum absolute atomic E-state index is 13.6. The van der Waals surface area contributed by atoms with E-state index in [-0.39, 0.29) is 23.7 Å². The Labute approximate surface area is 180 Å². The van der Waals surface area contributed by atoms with Crippen LogP contribution >= 0.6 is 0 Å². The first-order valence-corrected chi connectivity index (χ1v) is 10.8. The Kier molecular flexibility index (Phi) is 6.51. The van der Waals surface area contributed by atoms with E-state index in [2.05, 4.69) is 5.32 Å². The number of benzene rings is 2. The molecule has 2 aliphatic rings. The predicted molar refractivity (Wildman–Crippen MR) is 112 cm³/mol. The normalized spacial score (nSPS) is 19.0. The zero-order valence-corrected chi connectivity index (χ0v) is 17.3. The Morgan fingerprint density at radius 1 is 0.968 bits per heavy atom. The molecule has 0 spiro atoms. The number of ether oxygens (including phenoxy) is 1. The standard InChI is InChI=1S/C24H27F3N2O2/c25-24(26,27)21-14-8-7-13-20(21)22(17-9-3-1-4-10-17)31-19-15-29(16-19)23(30)28-18-11-5-2-6-12-18/h1,3-4,7-10,13-14,18-19,22H,2,5-6,11-12,15-16H2,(H,28,30). The molecule has 4 rings (SSSR count). The summed E-state index contributed by atoms with van der Waals surface area (Å²) in [5.74, 6) is 0. The lowest BCUT2D eigenvalue weighted by atomic mass is 9.95. The van der Waals surface area contributed by atoms with Gasteiger partial charge in [-0.3, -0.25) is 0 Å². The van der Waals surface area contributed by atoms with Gasteiger partial charge >= 0.3 is 12.2 Å². The van der Waals surface area contributed by atoms with Crippen molar-refractivity contribution in [1.29, 1.82) is 0 Å². The fraction of sp³-hybridized carbons (Fsp3) is 0.458. The molecule has 1 saturated heterocycles. The zero-order valence-electron chi connectivity index (χ0n) is 17.3. The number of carbonyl (C=O) groups is 1. The number of alkyl halides is 3. The lowest BCUT2D eigenvalue weighted by Gasteiger charge is -2.41. The Balaban J connectivity index is 1.45. The summed E-state index contributed by atoms with van der Waals surface area (Å²) in [6.45, 7) is 0.742. The number of rotatable bonds is 5. The van der Waals surface area contributed by atoms with Gasteiger partial charge in [-0.05, 0) is 30.0 Å². The topological polar surface area (TPSA) is 41.6 Å². The van der Waals surface area contributed by atoms with Crippen LogP contribution in [0.3, 0.4) is 0 Å². The van der Waals surface area contributed by atoms with Crippen LogP contribution in [0, 0.1) is 0 Å². The summed E-state index contributed by atoms with van der Waals surface area (Å²) in [7, 11) is 0. The van der Waals surface area contributed by atoms with E-state index in [1.807, 2.05) is 6.07 Å². The van der Waals surface area contributed by atoms with E-state index < -0.39 is 17.8 Å². The molecule has 31 heavy (non-hydrogen) atoms. The number of urea groups is 1. The maximum Gasteiger partial charge on any atom is 0.416 e. The second kappa shape index (κ2) is 9.30. The van der Waals surface area contributed by atoms with Gasteiger partial charge in [-0.2, -0.15) is 13.2 Å². The summed E-state index contributed by atoms with van der Waals surface area (Å²) in [4.78, 5) is 14.1. The smallest absolute Gasteiger partial charge is 0.362 e. The van der Waals surface area contributed by atoms with E-state index in [0.717, 1.165) is 31.7 Å². The first-order chi connectivity index (χ1) is 14.9. The molecule has 1 aliphatic carbocycles. The van der Waals surface area contributed by atoms with Gasteiger partial charge in [0.15, 0.2) is 0 Å². The largest absolute Gasteiger partial charge is 0.416 e.